The van der Waals surface area contributed by atoms with Crippen molar-refractivity contribution in [3.8, 4) is 6.07 Å². The summed E-state index contributed by atoms with van der Waals surface area (Å²) in [6, 6.07) is 8.24. The summed E-state index contributed by atoms with van der Waals surface area (Å²) in [5, 5.41) is 19.0. The van der Waals surface area contributed by atoms with Crippen molar-refractivity contribution in [1.82, 2.24) is 4.98 Å². The average Bonchev–Trinajstić information content (AvgIpc) is 2.49. The van der Waals surface area contributed by atoms with Crippen LogP contribution in [0.2, 0.25) is 0 Å². The second-order valence-electron chi connectivity index (χ2n) is 4.06. The Bertz CT molecular complexity index is 605. The summed E-state index contributed by atoms with van der Waals surface area (Å²) in [5.41, 5.74) is 2.67. The van der Waals surface area contributed by atoms with Crippen LogP contribution in [0.25, 0.3) is 10.9 Å². The first kappa shape index (κ1) is 16.5. The molecule has 1 aromatic heterocycles. The van der Waals surface area contributed by atoms with Crippen LogP contribution in [-0.4, -0.2) is 22.5 Å². The smallest absolute Gasteiger partial charge is 0.102 e. The monoisotopic (exact) mass is 288 g/mol. The number of rotatable bonds is 4. The fourth-order valence-corrected chi connectivity index (χ4v) is 2.81. The van der Waals surface area contributed by atoms with E-state index in [2.05, 4.69) is 17.1 Å². The van der Waals surface area contributed by atoms with Crippen molar-refractivity contribution in [2.75, 3.05) is 12.4 Å². The predicted molar refractivity (Wildman–Crippen MR) is 85.0 cm³/mol. The summed E-state index contributed by atoms with van der Waals surface area (Å²) in [5.74, 6) is 0.804. The second kappa shape index (κ2) is 8.57. The SMILES string of the molecule is CC.Cc1ccc2ncc(C#N)c(SCCCO)c2c1. The lowest BCUT2D eigenvalue weighted by Crippen LogP contribution is -1.92. The van der Waals surface area contributed by atoms with Crippen molar-refractivity contribution in [3.05, 3.63) is 35.5 Å². The number of aromatic nitrogens is 1. The van der Waals surface area contributed by atoms with Gasteiger partial charge in [0, 0.05) is 28.8 Å². The minimum absolute atomic E-state index is 0.178. The molecule has 0 amide bonds. The Morgan fingerprint density at radius 1 is 1.35 bits per heavy atom. The Balaban J connectivity index is 0.000000956. The molecule has 3 nitrogen and oxygen atoms in total. The van der Waals surface area contributed by atoms with Gasteiger partial charge >= 0.3 is 0 Å². The number of pyridine rings is 1. The van der Waals surface area contributed by atoms with E-state index in [0.717, 1.165) is 33.5 Å². The van der Waals surface area contributed by atoms with Gasteiger partial charge in [-0.3, -0.25) is 4.98 Å². The number of hydrogen-bond acceptors (Lipinski definition) is 4. The number of thioether (sulfide) groups is 1. The van der Waals surface area contributed by atoms with Gasteiger partial charge in [0.1, 0.15) is 6.07 Å². The van der Waals surface area contributed by atoms with Crippen LogP contribution in [0.3, 0.4) is 0 Å². The number of fused-ring (bicyclic) bond motifs is 1. The molecule has 0 atom stereocenters. The van der Waals surface area contributed by atoms with Crippen LogP contribution in [0.15, 0.2) is 29.3 Å². The van der Waals surface area contributed by atoms with Gasteiger partial charge in [0.15, 0.2) is 0 Å². The average molecular weight is 288 g/mol. The van der Waals surface area contributed by atoms with E-state index in [1.165, 1.54) is 0 Å². The van der Waals surface area contributed by atoms with E-state index in [-0.39, 0.29) is 6.61 Å². The van der Waals surface area contributed by atoms with E-state index in [4.69, 9.17) is 10.4 Å². The molecule has 0 aliphatic heterocycles. The Morgan fingerprint density at radius 2 is 2.10 bits per heavy atom. The van der Waals surface area contributed by atoms with Crippen molar-refractivity contribution in [3.63, 3.8) is 0 Å². The van der Waals surface area contributed by atoms with Crippen molar-refractivity contribution in [2.24, 2.45) is 0 Å². The molecule has 0 saturated heterocycles. The third-order valence-corrected chi connectivity index (χ3v) is 3.86. The van der Waals surface area contributed by atoms with Crippen molar-refractivity contribution in [1.29, 1.82) is 5.26 Å². The number of hydrogen-bond donors (Lipinski definition) is 1. The normalized spacial score (nSPS) is 9.75. The Labute approximate surface area is 124 Å². The summed E-state index contributed by atoms with van der Waals surface area (Å²) in [6.07, 6.45) is 2.35. The Hall–Kier alpha value is -1.57. The summed E-state index contributed by atoms with van der Waals surface area (Å²) in [6.45, 7) is 6.21. The summed E-state index contributed by atoms with van der Waals surface area (Å²) >= 11 is 1.61. The zero-order chi connectivity index (χ0) is 15.0. The molecule has 0 aliphatic rings. The van der Waals surface area contributed by atoms with Gasteiger partial charge in [0.2, 0.25) is 0 Å². The van der Waals surface area contributed by atoms with Gasteiger partial charge in [0.25, 0.3) is 0 Å². The summed E-state index contributed by atoms with van der Waals surface area (Å²) in [7, 11) is 0. The molecule has 0 aliphatic carbocycles. The topological polar surface area (TPSA) is 56.9 Å². The van der Waals surface area contributed by atoms with Gasteiger partial charge in [-0.25, -0.2) is 0 Å². The fourth-order valence-electron chi connectivity index (χ4n) is 1.76. The highest BCUT2D eigenvalue weighted by molar-refractivity contribution is 7.99. The zero-order valence-electron chi connectivity index (χ0n) is 12.2. The molecular weight excluding hydrogens is 268 g/mol. The van der Waals surface area contributed by atoms with E-state index in [9.17, 15) is 0 Å². The van der Waals surface area contributed by atoms with Gasteiger partial charge in [-0.05, 0) is 25.5 Å². The standard InChI is InChI=1S/C14H14N2OS.C2H6/c1-10-3-4-13-12(7-10)14(18-6-2-5-17)11(8-15)9-16-13;1-2/h3-4,7,9,17H,2,5-6H2,1H3;1-2H3. The maximum absolute atomic E-state index is 9.15. The fraction of sp³-hybridized carbons (Fsp3) is 0.375. The first-order valence-electron chi connectivity index (χ1n) is 6.79. The quantitative estimate of drug-likeness (QED) is 0.684. The molecule has 20 heavy (non-hydrogen) atoms. The number of aliphatic hydroxyl groups is 1. The van der Waals surface area contributed by atoms with E-state index in [1.807, 2.05) is 32.9 Å². The molecule has 1 heterocycles. The molecule has 0 unspecified atom stereocenters. The third-order valence-electron chi connectivity index (χ3n) is 2.64. The largest absolute Gasteiger partial charge is 0.396 e. The minimum Gasteiger partial charge on any atom is -0.396 e. The first-order valence-corrected chi connectivity index (χ1v) is 7.78. The molecule has 0 radical (unpaired) electrons. The molecule has 2 aromatic rings. The molecule has 4 heteroatoms. The van der Waals surface area contributed by atoms with Crippen LogP contribution < -0.4 is 0 Å². The van der Waals surface area contributed by atoms with Crippen molar-refractivity contribution >= 4 is 22.7 Å². The molecular formula is C16H20N2OS. The summed E-state index contributed by atoms with van der Waals surface area (Å²) < 4.78 is 0. The van der Waals surface area contributed by atoms with Gasteiger partial charge in [0.05, 0.1) is 11.1 Å². The maximum Gasteiger partial charge on any atom is 0.102 e. The number of aliphatic hydroxyl groups excluding tert-OH is 1. The van der Waals surface area contributed by atoms with Crippen molar-refractivity contribution < 1.29 is 5.11 Å². The van der Waals surface area contributed by atoms with E-state index in [1.54, 1.807) is 18.0 Å². The van der Waals surface area contributed by atoms with E-state index < -0.39 is 0 Å². The van der Waals surface area contributed by atoms with Crippen LogP contribution in [0.5, 0.6) is 0 Å². The van der Waals surface area contributed by atoms with Crippen LogP contribution in [0.1, 0.15) is 31.4 Å². The highest BCUT2D eigenvalue weighted by Crippen LogP contribution is 2.31. The summed E-state index contributed by atoms with van der Waals surface area (Å²) in [4.78, 5) is 5.27. The number of nitriles is 1. The van der Waals surface area contributed by atoms with Crippen LogP contribution in [-0.2, 0) is 0 Å². The molecule has 0 spiro atoms. The van der Waals surface area contributed by atoms with Crippen LogP contribution in [0, 0.1) is 18.3 Å². The number of benzene rings is 1. The Kier molecular flexibility index (Phi) is 7.06. The molecule has 0 bridgehead atoms. The highest BCUT2D eigenvalue weighted by atomic mass is 32.2. The molecule has 0 saturated carbocycles. The maximum atomic E-state index is 9.15. The molecule has 2 rings (SSSR count). The molecule has 1 aromatic carbocycles. The van der Waals surface area contributed by atoms with Gasteiger partial charge < -0.3 is 5.11 Å². The third kappa shape index (κ3) is 3.96. The predicted octanol–water partition coefficient (Wildman–Crippen LogP) is 3.92. The van der Waals surface area contributed by atoms with Gasteiger partial charge in [-0.2, -0.15) is 5.26 Å². The van der Waals surface area contributed by atoms with E-state index in [0.29, 0.717) is 5.56 Å². The van der Waals surface area contributed by atoms with E-state index >= 15 is 0 Å². The van der Waals surface area contributed by atoms with Crippen molar-refractivity contribution in [2.45, 2.75) is 32.1 Å². The molecule has 106 valence electrons. The van der Waals surface area contributed by atoms with Gasteiger partial charge in [-0.1, -0.05) is 25.5 Å². The lowest BCUT2D eigenvalue weighted by atomic mass is 10.1. The van der Waals surface area contributed by atoms with Gasteiger partial charge in [-0.15, -0.1) is 11.8 Å². The Morgan fingerprint density at radius 3 is 2.75 bits per heavy atom. The zero-order valence-corrected chi connectivity index (χ0v) is 13.0. The first-order chi connectivity index (χ1) is 9.76. The lowest BCUT2D eigenvalue weighted by molar-refractivity contribution is 0.296. The highest BCUT2D eigenvalue weighted by Gasteiger charge is 2.09. The number of aryl methyl sites for hydroxylation is 1. The van der Waals surface area contributed by atoms with Crippen LogP contribution >= 0.6 is 11.8 Å². The van der Waals surface area contributed by atoms with Crippen LogP contribution in [0.4, 0.5) is 0 Å². The number of nitrogens with zero attached hydrogens (tertiary/aromatic N) is 2. The second-order valence-corrected chi connectivity index (χ2v) is 5.16. The molecule has 0 fully saturated rings. The molecule has 1 N–H and O–H groups in total. The minimum atomic E-state index is 0.178. The lowest BCUT2D eigenvalue weighted by Gasteiger charge is -2.08.